The minimum atomic E-state index is -0.238. The third kappa shape index (κ3) is 2.99. The predicted molar refractivity (Wildman–Crippen MR) is 93.1 cm³/mol. The van der Waals surface area contributed by atoms with Crippen LogP contribution in [0.4, 0.5) is 5.69 Å². The molecule has 1 aromatic heterocycles. The van der Waals surface area contributed by atoms with Gasteiger partial charge in [-0.2, -0.15) is 0 Å². The average molecular weight is 363 g/mol. The van der Waals surface area contributed by atoms with E-state index >= 15 is 0 Å². The normalized spacial score (nSPS) is 10.6. The molecule has 1 aromatic carbocycles. The fourth-order valence-electron chi connectivity index (χ4n) is 2.64. The lowest BCUT2D eigenvalue weighted by Gasteiger charge is -2.20. The molecule has 2 rings (SSSR count). The molecule has 0 aliphatic rings. The monoisotopic (exact) mass is 362 g/mol. The van der Waals surface area contributed by atoms with Gasteiger partial charge in [0, 0.05) is 29.8 Å². The van der Waals surface area contributed by atoms with E-state index in [0.29, 0.717) is 23.2 Å². The summed E-state index contributed by atoms with van der Waals surface area (Å²) < 4.78 is 0.837. The summed E-state index contributed by atoms with van der Waals surface area (Å²) in [5.41, 5.74) is 2.86. The molecule has 0 aliphatic heterocycles. The number of H-pyrrole nitrogens is 1. The summed E-state index contributed by atoms with van der Waals surface area (Å²) in [6.07, 6.45) is 0.679. The zero-order valence-electron chi connectivity index (χ0n) is 13.2. The van der Waals surface area contributed by atoms with E-state index in [0.717, 1.165) is 15.7 Å². The number of nitrogens with one attached hydrogen (secondary N) is 1. The van der Waals surface area contributed by atoms with Crippen LogP contribution in [0.5, 0.6) is 0 Å². The molecular weight excluding hydrogens is 344 g/mol. The molecule has 5 heteroatoms. The topological polar surface area (TPSA) is 53.2 Å². The molecule has 0 aliphatic carbocycles. The summed E-state index contributed by atoms with van der Waals surface area (Å²) in [6, 6.07) is 7.23. The van der Waals surface area contributed by atoms with E-state index < -0.39 is 0 Å². The largest absolute Gasteiger partial charge is 0.373 e. The number of pyridine rings is 1. The number of hydrogen-bond acceptors (Lipinski definition) is 3. The maximum Gasteiger partial charge on any atom is 0.272 e. The minimum Gasteiger partial charge on any atom is -0.373 e. The SMILES string of the molecule is CCc1c(C)[nH]c(=O)c(N(C)C)c1C(=O)c1cccc(Br)c1. The Morgan fingerprint density at radius 1 is 1.32 bits per heavy atom. The van der Waals surface area contributed by atoms with Crippen LogP contribution in [0.3, 0.4) is 0 Å². The fraction of sp³-hybridized carbons (Fsp3) is 0.294. The van der Waals surface area contributed by atoms with Crippen LogP contribution in [0.15, 0.2) is 33.5 Å². The molecule has 0 radical (unpaired) electrons. The van der Waals surface area contributed by atoms with Gasteiger partial charge in [0.05, 0.1) is 5.56 Å². The van der Waals surface area contributed by atoms with Crippen LogP contribution < -0.4 is 10.5 Å². The number of carbonyl (C=O) groups excluding carboxylic acids is 1. The minimum absolute atomic E-state index is 0.129. The van der Waals surface area contributed by atoms with Crippen molar-refractivity contribution >= 4 is 27.4 Å². The molecule has 0 spiro atoms. The van der Waals surface area contributed by atoms with Gasteiger partial charge in [-0.3, -0.25) is 9.59 Å². The Hall–Kier alpha value is -1.88. The number of rotatable bonds is 4. The van der Waals surface area contributed by atoms with Crippen LogP contribution in [0, 0.1) is 6.92 Å². The van der Waals surface area contributed by atoms with Crippen LogP contribution in [-0.2, 0) is 6.42 Å². The van der Waals surface area contributed by atoms with E-state index in [-0.39, 0.29) is 11.3 Å². The van der Waals surface area contributed by atoms with Gasteiger partial charge in [0.1, 0.15) is 5.69 Å². The van der Waals surface area contributed by atoms with E-state index in [1.54, 1.807) is 31.1 Å². The molecule has 2 aromatic rings. The van der Waals surface area contributed by atoms with Crippen LogP contribution in [-0.4, -0.2) is 24.9 Å². The molecule has 116 valence electrons. The molecule has 0 fully saturated rings. The Morgan fingerprint density at radius 3 is 2.55 bits per heavy atom. The number of halogens is 1. The number of ketones is 1. The molecular formula is C17H19BrN2O2. The van der Waals surface area contributed by atoms with Crippen molar-refractivity contribution in [3.8, 4) is 0 Å². The molecule has 1 heterocycles. The highest BCUT2D eigenvalue weighted by molar-refractivity contribution is 9.10. The van der Waals surface area contributed by atoms with Crippen LogP contribution in [0.1, 0.15) is 34.1 Å². The Balaban J connectivity index is 2.77. The molecule has 4 nitrogen and oxygen atoms in total. The third-order valence-electron chi connectivity index (χ3n) is 3.62. The average Bonchev–Trinajstić information content (AvgIpc) is 2.45. The second kappa shape index (κ2) is 6.48. The zero-order chi connectivity index (χ0) is 16.4. The number of carbonyl (C=O) groups is 1. The van der Waals surface area contributed by atoms with Crippen molar-refractivity contribution in [1.29, 1.82) is 0 Å². The Morgan fingerprint density at radius 2 is 2.00 bits per heavy atom. The molecule has 0 unspecified atom stereocenters. The molecule has 22 heavy (non-hydrogen) atoms. The Labute approximate surface area is 138 Å². The smallest absolute Gasteiger partial charge is 0.272 e. The Bertz CT molecular complexity index is 779. The first-order valence-electron chi connectivity index (χ1n) is 7.10. The number of anilines is 1. The van der Waals surface area contributed by atoms with Crippen molar-refractivity contribution in [2.45, 2.75) is 20.3 Å². The highest BCUT2D eigenvalue weighted by atomic mass is 79.9. The number of nitrogens with zero attached hydrogens (tertiary/aromatic N) is 1. The summed E-state index contributed by atoms with van der Waals surface area (Å²) in [4.78, 5) is 29.9. The van der Waals surface area contributed by atoms with Gasteiger partial charge in [0.15, 0.2) is 5.78 Å². The standard InChI is InChI=1S/C17H19BrN2O2/c1-5-13-10(2)19-17(22)15(20(3)4)14(13)16(21)11-7-6-8-12(18)9-11/h6-9H,5H2,1-4H3,(H,19,22). The van der Waals surface area contributed by atoms with Crippen molar-refractivity contribution in [3.05, 3.63) is 61.5 Å². The lowest BCUT2D eigenvalue weighted by atomic mass is 9.94. The van der Waals surface area contributed by atoms with E-state index in [4.69, 9.17) is 0 Å². The second-order valence-corrected chi connectivity index (χ2v) is 6.28. The number of aromatic nitrogens is 1. The number of aromatic amines is 1. The van der Waals surface area contributed by atoms with Gasteiger partial charge < -0.3 is 9.88 Å². The maximum absolute atomic E-state index is 13.0. The zero-order valence-corrected chi connectivity index (χ0v) is 14.7. The predicted octanol–water partition coefficient (Wildman–Crippen LogP) is 3.31. The maximum atomic E-state index is 13.0. The molecule has 0 saturated carbocycles. The lowest BCUT2D eigenvalue weighted by Crippen LogP contribution is -2.27. The highest BCUT2D eigenvalue weighted by Crippen LogP contribution is 2.25. The Kier molecular flexibility index (Phi) is 4.86. The van der Waals surface area contributed by atoms with E-state index in [1.807, 2.05) is 26.0 Å². The molecule has 0 bridgehead atoms. The third-order valence-corrected chi connectivity index (χ3v) is 4.12. The lowest BCUT2D eigenvalue weighted by molar-refractivity contribution is 0.103. The van der Waals surface area contributed by atoms with Crippen LogP contribution >= 0.6 is 15.9 Å². The second-order valence-electron chi connectivity index (χ2n) is 5.37. The first-order chi connectivity index (χ1) is 10.4. The number of hydrogen-bond donors (Lipinski definition) is 1. The van der Waals surface area contributed by atoms with Crippen molar-refractivity contribution in [2.24, 2.45) is 0 Å². The van der Waals surface area contributed by atoms with E-state index in [9.17, 15) is 9.59 Å². The molecule has 0 saturated heterocycles. The van der Waals surface area contributed by atoms with Crippen LogP contribution in [0.2, 0.25) is 0 Å². The summed E-state index contributed by atoms with van der Waals surface area (Å²) in [6.45, 7) is 3.81. The summed E-state index contributed by atoms with van der Waals surface area (Å²) in [5, 5.41) is 0. The van der Waals surface area contributed by atoms with E-state index in [2.05, 4.69) is 20.9 Å². The number of aryl methyl sites for hydroxylation is 1. The first-order valence-corrected chi connectivity index (χ1v) is 7.89. The van der Waals surface area contributed by atoms with Gasteiger partial charge in [0.2, 0.25) is 0 Å². The van der Waals surface area contributed by atoms with Crippen molar-refractivity contribution in [1.82, 2.24) is 4.98 Å². The van der Waals surface area contributed by atoms with Gasteiger partial charge in [-0.1, -0.05) is 35.0 Å². The quantitative estimate of drug-likeness (QED) is 0.848. The van der Waals surface area contributed by atoms with Crippen LogP contribution in [0.25, 0.3) is 0 Å². The van der Waals surface area contributed by atoms with Gasteiger partial charge >= 0.3 is 0 Å². The fourth-order valence-corrected chi connectivity index (χ4v) is 3.04. The number of benzene rings is 1. The molecule has 1 N–H and O–H groups in total. The van der Waals surface area contributed by atoms with E-state index in [1.165, 1.54) is 0 Å². The molecule has 0 atom stereocenters. The van der Waals surface area contributed by atoms with Gasteiger partial charge in [0.25, 0.3) is 5.56 Å². The first kappa shape index (κ1) is 16.5. The summed E-state index contributed by atoms with van der Waals surface area (Å²) >= 11 is 3.38. The van der Waals surface area contributed by atoms with Gasteiger partial charge in [-0.25, -0.2) is 0 Å². The van der Waals surface area contributed by atoms with Crippen molar-refractivity contribution in [3.63, 3.8) is 0 Å². The summed E-state index contributed by atoms with van der Waals surface area (Å²) in [7, 11) is 3.55. The highest BCUT2D eigenvalue weighted by Gasteiger charge is 2.23. The van der Waals surface area contributed by atoms with Crippen molar-refractivity contribution < 1.29 is 4.79 Å². The molecule has 0 amide bonds. The van der Waals surface area contributed by atoms with Gasteiger partial charge in [-0.15, -0.1) is 0 Å². The summed E-state index contributed by atoms with van der Waals surface area (Å²) in [5.74, 6) is -0.129. The van der Waals surface area contributed by atoms with Crippen molar-refractivity contribution in [2.75, 3.05) is 19.0 Å². The van der Waals surface area contributed by atoms with Gasteiger partial charge in [-0.05, 0) is 31.0 Å².